The molecule has 1 aromatic heterocycles. The van der Waals surface area contributed by atoms with Crippen molar-refractivity contribution in [3.8, 4) is 0 Å². The van der Waals surface area contributed by atoms with Gasteiger partial charge in [0.1, 0.15) is 0 Å². The average Bonchev–Trinajstić information content (AvgIpc) is 2.80. The van der Waals surface area contributed by atoms with Crippen molar-refractivity contribution in [2.75, 3.05) is 0 Å². The molecule has 1 N–H and O–H groups in total. The average molecular weight is 328 g/mol. The molecule has 0 fully saturated rings. The number of hydrazone groups is 1. The van der Waals surface area contributed by atoms with Gasteiger partial charge >= 0.3 is 0 Å². The number of nitrogens with one attached hydrogen (secondary N) is 1. The Labute approximate surface area is 130 Å². The highest BCUT2D eigenvalue weighted by Crippen LogP contribution is 2.24. The Balaban J connectivity index is 1.93. The van der Waals surface area contributed by atoms with Gasteiger partial charge < -0.3 is 0 Å². The zero-order valence-electron chi connectivity index (χ0n) is 10.6. The van der Waals surface area contributed by atoms with Crippen molar-refractivity contribution in [3.63, 3.8) is 0 Å². The second-order valence-electron chi connectivity index (χ2n) is 3.97. The SMILES string of the molecule is Cc1nc(CC(=O)N/N=C\c2cccc(Cl)c2Cl)cs1. The summed E-state index contributed by atoms with van der Waals surface area (Å²) in [4.78, 5) is 15.9. The first-order valence-corrected chi connectivity index (χ1v) is 7.36. The Morgan fingerprint density at radius 2 is 2.30 bits per heavy atom. The first kappa shape index (κ1) is 15.0. The number of hydrogen-bond acceptors (Lipinski definition) is 4. The third kappa shape index (κ3) is 4.03. The van der Waals surface area contributed by atoms with Crippen molar-refractivity contribution in [1.82, 2.24) is 10.4 Å². The van der Waals surface area contributed by atoms with Gasteiger partial charge in [-0.2, -0.15) is 5.10 Å². The van der Waals surface area contributed by atoms with Crippen molar-refractivity contribution in [3.05, 3.63) is 49.9 Å². The van der Waals surface area contributed by atoms with E-state index in [1.807, 2.05) is 12.3 Å². The predicted octanol–water partition coefficient (Wildman–Crippen LogP) is 3.45. The Hall–Kier alpha value is -1.43. The molecule has 1 aromatic carbocycles. The molecule has 0 unspecified atom stereocenters. The number of halogens is 2. The summed E-state index contributed by atoms with van der Waals surface area (Å²) in [6.07, 6.45) is 1.66. The lowest BCUT2D eigenvalue weighted by atomic mass is 10.2. The number of carbonyl (C=O) groups is 1. The van der Waals surface area contributed by atoms with E-state index in [0.29, 0.717) is 15.6 Å². The van der Waals surface area contributed by atoms with Gasteiger partial charge in [0.05, 0.1) is 33.4 Å². The minimum Gasteiger partial charge on any atom is -0.273 e. The van der Waals surface area contributed by atoms with E-state index in [1.54, 1.807) is 18.2 Å². The standard InChI is InChI=1S/C13H11Cl2N3OS/c1-8-17-10(7-20-8)5-12(19)18-16-6-9-3-2-4-11(14)13(9)15/h2-4,6-7H,5H2,1H3,(H,18,19)/b16-6-. The number of aryl methyl sites for hydroxylation is 1. The number of amides is 1. The Bertz CT molecular complexity index is 655. The Morgan fingerprint density at radius 1 is 1.50 bits per heavy atom. The first-order valence-electron chi connectivity index (χ1n) is 5.73. The van der Waals surface area contributed by atoms with Crippen LogP contribution in [0.1, 0.15) is 16.3 Å². The van der Waals surface area contributed by atoms with Gasteiger partial charge in [0.15, 0.2) is 0 Å². The highest BCUT2D eigenvalue weighted by atomic mass is 35.5. The van der Waals surface area contributed by atoms with Crippen LogP contribution in [0.5, 0.6) is 0 Å². The summed E-state index contributed by atoms with van der Waals surface area (Å²) in [5.74, 6) is -0.232. The number of nitrogens with zero attached hydrogens (tertiary/aromatic N) is 2. The highest BCUT2D eigenvalue weighted by molar-refractivity contribution is 7.09. The normalized spacial score (nSPS) is 10.9. The summed E-state index contributed by atoms with van der Waals surface area (Å²) < 4.78 is 0. The number of hydrogen-bond donors (Lipinski definition) is 1. The summed E-state index contributed by atoms with van der Waals surface area (Å²) in [5.41, 5.74) is 3.81. The molecule has 2 aromatic rings. The molecule has 0 saturated carbocycles. The van der Waals surface area contributed by atoms with Crippen LogP contribution in [0.3, 0.4) is 0 Å². The monoisotopic (exact) mass is 327 g/mol. The van der Waals surface area contributed by atoms with Gasteiger partial charge in [-0.15, -0.1) is 11.3 Å². The van der Waals surface area contributed by atoms with E-state index in [4.69, 9.17) is 23.2 Å². The van der Waals surface area contributed by atoms with Gasteiger partial charge in [0.2, 0.25) is 5.91 Å². The van der Waals surface area contributed by atoms with Gasteiger partial charge in [-0.05, 0) is 13.0 Å². The van der Waals surface area contributed by atoms with Crippen molar-refractivity contribution >= 4 is 46.7 Å². The quantitative estimate of drug-likeness (QED) is 0.690. The Morgan fingerprint density at radius 3 is 3.00 bits per heavy atom. The molecule has 20 heavy (non-hydrogen) atoms. The highest BCUT2D eigenvalue weighted by Gasteiger charge is 2.05. The van der Waals surface area contributed by atoms with E-state index in [-0.39, 0.29) is 12.3 Å². The van der Waals surface area contributed by atoms with Gasteiger partial charge in [-0.3, -0.25) is 4.79 Å². The molecule has 7 heteroatoms. The summed E-state index contributed by atoms with van der Waals surface area (Å²) in [7, 11) is 0. The van der Waals surface area contributed by atoms with Crippen LogP contribution in [0.2, 0.25) is 10.0 Å². The smallest absolute Gasteiger partial charge is 0.246 e. The second kappa shape index (κ2) is 6.83. The molecule has 0 aliphatic rings. The summed E-state index contributed by atoms with van der Waals surface area (Å²) >= 11 is 13.4. The lowest BCUT2D eigenvalue weighted by molar-refractivity contribution is -0.120. The molecule has 0 radical (unpaired) electrons. The van der Waals surface area contributed by atoms with Gasteiger partial charge in [0, 0.05) is 10.9 Å². The maximum Gasteiger partial charge on any atom is 0.246 e. The van der Waals surface area contributed by atoms with Crippen molar-refractivity contribution < 1.29 is 4.79 Å². The van der Waals surface area contributed by atoms with E-state index in [1.165, 1.54) is 17.6 Å². The first-order chi connectivity index (χ1) is 9.56. The Kier molecular flexibility index (Phi) is 5.11. The molecule has 1 heterocycles. The molecule has 0 bridgehead atoms. The van der Waals surface area contributed by atoms with E-state index >= 15 is 0 Å². The number of benzene rings is 1. The molecular formula is C13H11Cl2N3OS. The number of aromatic nitrogens is 1. The van der Waals surface area contributed by atoms with Crippen molar-refractivity contribution in [2.24, 2.45) is 5.10 Å². The number of thiazole rings is 1. The maximum atomic E-state index is 11.6. The van der Waals surface area contributed by atoms with E-state index in [9.17, 15) is 4.79 Å². The van der Waals surface area contributed by atoms with Crippen LogP contribution < -0.4 is 5.43 Å². The molecule has 0 aliphatic heterocycles. The van der Waals surface area contributed by atoms with Crippen LogP contribution in [-0.2, 0) is 11.2 Å². The molecule has 2 rings (SSSR count). The molecule has 0 atom stereocenters. The molecule has 104 valence electrons. The zero-order valence-corrected chi connectivity index (χ0v) is 12.9. The minimum atomic E-state index is -0.232. The molecular weight excluding hydrogens is 317 g/mol. The lowest BCUT2D eigenvalue weighted by Crippen LogP contribution is -2.19. The number of rotatable bonds is 4. The third-order valence-electron chi connectivity index (χ3n) is 2.38. The largest absolute Gasteiger partial charge is 0.273 e. The molecule has 1 amide bonds. The summed E-state index contributed by atoms with van der Waals surface area (Å²) in [6.45, 7) is 1.89. The predicted molar refractivity (Wildman–Crippen MR) is 82.8 cm³/mol. The fourth-order valence-electron chi connectivity index (χ4n) is 1.49. The van der Waals surface area contributed by atoms with Gasteiger partial charge in [-0.25, -0.2) is 10.4 Å². The van der Waals surface area contributed by atoms with Crippen molar-refractivity contribution in [1.29, 1.82) is 0 Å². The number of carbonyl (C=O) groups excluding carboxylic acids is 1. The van der Waals surface area contributed by atoms with Crippen LogP contribution >= 0.6 is 34.5 Å². The topological polar surface area (TPSA) is 54.4 Å². The van der Waals surface area contributed by atoms with E-state index < -0.39 is 0 Å². The zero-order chi connectivity index (χ0) is 14.5. The van der Waals surface area contributed by atoms with Crippen LogP contribution in [0, 0.1) is 6.92 Å². The van der Waals surface area contributed by atoms with Crippen LogP contribution in [-0.4, -0.2) is 17.1 Å². The fourth-order valence-corrected chi connectivity index (χ4v) is 2.46. The lowest BCUT2D eigenvalue weighted by Gasteiger charge is -2.00. The van der Waals surface area contributed by atoms with Gasteiger partial charge in [-0.1, -0.05) is 35.3 Å². The van der Waals surface area contributed by atoms with E-state index in [2.05, 4.69) is 15.5 Å². The third-order valence-corrected chi connectivity index (χ3v) is 4.04. The molecule has 0 saturated heterocycles. The molecule has 0 spiro atoms. The molecule has 4 nitrogen and oxygen atoms in total. The maximum absolute atomic E-state index is 11.6. The second-order valence-corrected chi connectivity index (χ2v) is 5.82. The van der Waals surface area contributed by atoms with Crippen LogP contribution in [0.15, 0.2) is 28.7 Å². The van der Waals surface area contributed by atoms with Gasteiger partial charge in [0.25, 0.3) is 0 Å². The van der Waals surface area contributed by atoms with Crippen LogP contribution in [0.4, 0.5) is 0 Å². The van der Waals surface area contributed by atoms with E-state index in [0.717, 1.165) is 10.7 Å². The minimum absolute atomic E-state index is 0.199. The summed E-state index contributed by atoms with van der Waals surface area (Å²) in [6, 6.07) is 5.20. The fraction of sp³-hybridized carbons (Fsp3) is 0.154. The summed E-state index contributed by atoms with van der Waals surface area (Å²) in [5, 5.41) is 7.49. The molecule has 0 aliphatic carbocycles. The van der Waals surface area contributed by atoms with Crippen LogP contribution in [0.25, 0.3) is 0 Å². The van der Waals surface area contributed by atoms with Crippen molar-refractivity contribution in [2.45, 2.75) is 13.3 Å².